The molecule has 1 rings (SSSR count). The van der Waals surface area contributed by atoms with Gasteiger partial charge < -0.3 is 20.1 Å². The van der Waals surface area contributed by atoms with Crippen LogP contribution in [0.2, 0.25) is 0 Å². The number of hydrogen-bond donors (Lipinski definition) is 0. The number of rotatable bonds is 0. The topological polar surface area (TPSA) is 143 Å². The largest absolute Gasteiger partial charge is 0.759 e. The first-order valence-corrected chi connectivity index (χ1v) is 4.41. The SMILES string of the molecule is Cc1ccccc1.O.O.O=S(=O)([O-])[O-]. The van der Waals surface area contributed by atoms with Crippen molar-refractivity contribution < 1.29 is 28.5 Å². The fourth-order valence-corrected chi connectivity index (χ4v) is 0.534. The third-order valence-electron chi connectivity index (χ3n) is 0.940. The molecule has 0 spiro atoms. The Morgan fingerprint density at radius 2 is 1.29 bits per heavy atom. The lowest BCUT2D eigenvalue weighted by atomic mass is 10.2. The van der Waals surface area contributed by atoms with E-state index < -0.39 is 10.4 Å². The zero-order valence-electron chi connectivity index (χ0n) is 7.43. The van der Waals surface area contributed by atoms with Gasteiger partial charge in [0.1, 0.15) is 0 Å². The molecule has 1 aromatic rings. The van der Waals surface area contributed by atoms with Gasteiger partial charge >= 0.3 is 0 Å². The molecule has 0 atom stereocenters. The number of hydrogen-bond acceptors (Lipinski definition) is 4. The molecular formula is C7H12O6S-2. The first-order chi connectivity index (χ1) is 5.39. The standard InChI is InChI=1S/C7H8.H2O4S.2H2O/c1-7-5-3-2-4-6-7;1-5(2,3)4;;/h2-6H,1H3;(H2,1,2,3,4);2*1H2/p-2. The number of benzene rings is 1. The molecule has 0 radical (unpaired) electrons. The van der Waals surface area contributed by atoms with Crippen molar-refractivity contribution in [3.8, 4) is 0 Å². The summed E-state index contributed by atoms with van der Waals surface area (Å²) >= 11 is 0. The van der Waals surface area contributed by atoms with Gasteiger partial charge in [-0.05, 0) is 6.92 Å². The molecule has 0 aliphatic carbocycles. The van der Waals surface area contributed by atoms with Gasteiger partial charge in [-0.2, -0.15) is 0 Å². The highest BCUT2D eigenvalue weighted by atomic mass is 32.3. The summed E-state index contributed by atoms with van der Waals surface area (Å²) in [6, 6.07) is 10.3. The molecule has 0 aromatic heterocycles. The quantitative estimate of drug-likeness (QED) is 0.411. The highest BCUT2D eigenvalue weighted by molar-refractivity contribution is 7.79. The Balaban J connectivity index is -0.000000159. The van der Waals surface area contributed by atoms with Gasteiger partial charge in [-0.25, -0.2) is 0 Å². The predicted octanol–water partition coefficient (Wildman–Crippen LogP) is -0.992. The lowest BCUT2D eigenvalue weighted by molar-refractivity contribution is 0.352. The van der Waals surface area contributed by atoms with E-state index in [2.05, 4.69) is 19.1 Å². The minimum Gasteiger partial charge on any atom is -0.759 e. The van der Waals surface area contributed by atoms with E-state index in [1.807, 2.05) is 18.2 Å². The van der Waals surface area contributed by atoms with Crippen molar-refractivity contribution in [2.24, 2.45) is 0 Å². The van der Waals surface area contributed by atoms with Crippen LogP contribution in [-0.4, -0.2) is 28.5 Å². The minimum absolute atomic E-state index is 0. The molecule has 0 saturated carbocycles. The van der Waals surface area contributed by atoms with E-state index in [1.54, 1.807) is 0 Å². The average molecular weight is 224 g/mol. The Morgan fingerprint density at radius 1 is 1.00 bits per heavy atom. The van der Waals surface area contributed by atoms with Crippen LogP contribution in [0.4, 0.5) is 0 Å². The highest BCUT2D eigenvalue weighted by Crippen LogP contribution is 1.92. The normalized spacial score (nSPS) is 8.50. The molecule has 6 nitrogen and oxygen atoms in total. The summed E-state index contributed by atoms with van der Waals surface area (Å²) in [4.78, 5) is 0. The van der Waals surface area contributed by atoms with Crippen LogP contribution >= 0.6 is 0 Å². The minimum atomic E-state index is -5.17. The second-order valence-electron chi connectivity index (χ2n) is 2.06. The average Bonchev–Trinajstić information content (AvgIpc) is 1.85. The molecular weight excluding hydrogens is 212 g/mol. The van der Waals surface area contributed by atoms with Crippen molar-refractivity contribution in [1.82, 2.24) is 0 Å². The molecule has 0 unspecified atom stereocenters. The maximum absolute atomic E-state index is 8.52. The summed E-state index contributed by atoms with van der Waals surface area (Å²) in [6.45, 7) is 2.08. The van der Waals surface area contributed by atoms with Gasteiger partial charge in [0.25, 0.3) is 0 Å². The Labute approximate surface area is 82.4 Å². The Hall–Kier alpha value is -0.990. The van der Waals surface area contributed by atoms with Crippen LogP contribution in [0.5, 0.6) is 0 Å². The fourth-order valence-electron chi connectivity index (χ4n) is 0.534. The molecule has 0 bridgehead atoms. The van der Waals surface area contributed by atoms with E-state index in [1.165, 1.54) is 5.56 Å². The third kappa shape index (κ3) is 22.5. The molecule has 1 aromatic carbocycles. The third-order valence-corrected chi connectivity index (χ3v) is 0.940. The van der Waals surface area contributed by atoms with Gasteiger partial charge in [-0.3, -0.25) is 8.42 Å². The first-order valence-electron chi connectivity index (χ1n) is 3.08. The zero-order valence-corrected chi connectivity index (χ0v) is 8.24. The van der Waals surface area contributed by atoms with E-state index >= 15 is 0 Å². The lowest BCUT2D eigenvalue weighted by Gasteiger charge is -2.06. The van der Waals surface area contributed by atoms with Crippen molar-refractivity contribution in [3.05, 3.63) is 35.9 Å². The van der Waals surface area contributed by atoms with Gasteiger partial charge in [-0.15, -0.1) is 0 Å². The molecule has 0 fully saturated rings. The van der Waals surface area contributed by atoms with Crippen LogP contribution in [0, 0.1) is 6.92 Å². The van der Waals surface area contributed by atoms with E-state index in [9.17, 15) is 0 Å². The molecule has 0 saturated heterocycles. The summed E-state index contributed by atoms with van der Waals surface area (Å²) in [5.41, 5.74) is 1.32. The molecule has 0 amide bonds. The van der Waals surface area contributed by atoms with Gasteiger partial charge in [-0.1, -0.05) is 35.9 Å². The first kappa shape index (κ1) is 18.7. The van der Waals surface area contributed by atoms with Crippen LogP contribution in [0.3, 0.4) is 0 Å². The maximum atomic E-state index is 8.52. The van der Waals surface area contributed by atoms with Gasteiger partial charge in [0.15, 0.2) is 0 Å². The predicted molar refractivity (Wildman–Crippen MR) is 48.9 cm³/mol. The van der Waals surface area contributed by atoms with E-state index in [-0.39, 0.29) is 11.0 Å². The van der Waals surface area contributed by atoms with Gasteiger partial charge in [0.2, 0.25) is 0 Å². The van der Waals surface area contributed by atoms with Crippen LogP contribution in [0.15, 0.2) is 30.3 Å². The summed E-state index contributed by atoms with van der Waals surface area (Å²) < 4.78 is 34.1. The van der Waals surface area contributed by atoms with Crippen LogP contribution in [-0.2, 0) is 10.4 Å². The summed E-state index contributed by atoms with van der Waals surface area (Å²) in [5, 5.41) is 0. The zero-order chi connectivity index (χ0) is 9.61. The molecule has 4 N–H and O–H groups in total. The smallest absolute Gasteiger partial charge is 0.0311 e. The van der Waals surface area contributed by atoms with Crippen LogP contribution in [0.25, 0.3) is 0 Å². The Morgan fingerprint density at radius 3 is 1.43 bits per heavy atom. The van der Waals surface area contributed by atoms with Crippen LogP contribution < -0.4 is 0 Å². The molecule has 0 heterocycles. The second kappa shape index (κ2) is 8.60. The Kier molecular flexibility index (Phi) is 11.5. The Bertz CT molecular complexity index is 298. The van der Waals surface area contributed by atoms with Crippen LogP contribution in [0.1, 0.15) is 5.56 Å². The maximum Gasteiger partial charge on any atom is 0.0311 e. The van der Waals surface area contributed by atoms with Crippen molar-refractivity contribution in [2.75, 3.05) is 0 Å². The van der Waals surface area contributed by atoms with E-state index in [4.69, 9.17) is 17.5 Å². The summed E-state index contributed by atoms with van der Waals surface area (Å²) in [7, 11) is -5.17. The molecule has 0 aliphatic heterocycles. The summed E-state index contributed by atoms with van der Waals surface area (Å²) in [6.07, 6.45) is 0. The molecule has 84 valence electrons. The van der Waals surface area contributed by atoms with Crippen molar-refractivity contribution in [3.63, 3.8) is 0 Å². The van der Waals surface area contributed by atoms with E-state index in [0.29, 0.717) is 0 Å². The van der Waals surface area contributed by atoms with Crippen molar-refractivity contribution >= 4 is 10.4 Å². The van der Waals surface area contributed by atoms with Crippen molar-refractivity contribution in [1.29, 1.82) is 0 Å². The summed E-state index contributed by atoms with van der Waals surface area (Å²) in [5.74, 6) is 0. The van der Waals surface area contributed by atoms with Gasteiger partial charge in [0, 0.05) is 10.4 Å². The lowest BCUT2D eigenvalue weighted by Crippen LogP contribution is -1.91. The molecule has 7 heteroatoms. The molecule has 14 heavy (non-hydrogen) atoms. The monoisotopic (exact) mass is 224 g/mol. The van der Waals surface area contributed by atoms with Gasteiger partial charge in [0.05, 0.1) is 0 Å². The van der Waals surface area contributed by atoms with E-state index in [0.717, 1.165) is 0 Å². The number of aryl methyl sites for hydroxylation is 1. The van der Waals surface area contributed by atoms with Crippen molar-refractivity contribution in [2.45, 2.75) is 6.92 Å². The highest BCUT2D eigenvalue weighted by Gasteiger charge is 1.72. The fraction of sp³-hybridized carbons (Fsp3) is 0.143. The second-order valence-corrected chi connectivity index (χ2v) is 2.88. The molecule has 0 aliphatic rings.